The molecule has 5 nitrogen and oxygen atoms in total. The third-order valence-electron chi connectivity index (χ3n) is 7.93. The average Bonchev–Trinajstić information content (AvgIpc) is 3.62. The van der Waals surface area contributed by atoms with Gasteiger partial charge in [0.1, 0.15) is 5.75 Å². The molecule has 1 aliphatic heterocycles. The van der Waals surface area contributed by atoms with Crippen LogP contribution in [0.1, 0.15) is 16.8 Å². The van der Waals surface area contributed by atoms with Gasteiger partial charge in [-0.3, -0.25) is 9.59 Å². The van der Waals surface area contributed by atoms with Crippen LogP contribution in [0.3, 0.4) is 0 Å². The van der Waals surface area contributed by atoms with Gasteiger partial charge < -0.3 is 4.74 Å². The summed E-state index contributed by atoms with van der Waals surface area (Å²) in [5.74, 6) is 0.609. The monoisotopic (exact) mass is 435 g/mol. The van der Waals surface area contributed by atoms with Crippen molar-refractivity contribution in [2.24, 2.45) is 35.5 Å². The van der Waals surface area contributed by atoms with Crippen LogP contribution in [-0.4, -0.2) is 17.8 Å². The lowest BCUT2D eigenvalue weighted by molar-refractivity contribution is -0.124. The van der Waals surface area contributed by atoms with Gasteiger partial charge >= 0.3 is 5.97 Å². The summed E-state index contributed by atoms with van der Waals surface area (Å²) in [7, 11) is 0. The number of carbonyl (C=O) groups is 3. The number of carbonyl (C=O) groups excluding carboxylic acids is 3. The molecular weight excluding hydrogens is 414 g/mol. The van der Waals surface area contributed by atoms with Gasteiger partial charge in [0, 0.05) is 0 Å². The van der Waals surface area contributed by atoms with E-state index in [9.17, 15) is 14.4 Å². The SMILES string of the molecule is O=C(Oc1ccc2ccccc2c1)c1cccc(N2C(=O)[C@@H]3[C@H]4C=C[C@@H]([C@@H]5C[C@H]45)[C@H]3C2=O)c1. The van der Waals surface area contributed by atoms with Gasteiger partial charge in [0.2, 0.25) is 11.8 Å². The summed E-state index contributed by atoms with van der Waals surface area (Å²) in [6, 6.07) is 20.0. The van der Waals surface area contributed by atoms with Crippen molar-refractivity contribution >= 4 is 34.2 Å². The van der Waals surface area contributed by atoms with Crippen molar-refractivity contribution in [2.75, 3.05) is 4.90 Å². The van der Waals surface area contributed by atoms with Crippen LogP contribution in [0.25, 0.3) is 10.8 Å². The fourth-order valence-corrected chi connectivity index (χ4v) is 6.38. The van der Waals surface area contributed by atoms with Crippen LogP contribution < -0.4 is 9.64 Å². The third kappa shape index (κ3) is 2.68. The smallest absolute Gasteiger partial charge is 0.343 e. The molecule has 2 bridgehead atoms. The number of allylic oxidation sites excluding steroid dienone is 2. The lowest BCUT2D eigenvalue weighted by Gasteiger charge is -2.37. The van der Waals surface area contributed by atoms with Crippen molar-refractivity contribution in [2.45, 2.75) is 6.42 Å². The van der Waals surface area contributed by atoms with Crippen LogP contribution in [-0.2, 0) is 9.59 Å². The van der Waals surface area contributed by atoms with E-state index in [1.54, 1.807) is 30.3 Å². The van der Waals surface area contributed by atoms with Crippen molar-refractivity contribution in [3.63, 3.8) is 0 Å². The number of nitrogens with zero attached hydrogens (tertiary/aromatic N) is 1. The molecule has 1 heterocycles. The normalized spacial score (nSPS) is 31.0. The van der Waals surface area contributed by atoms with E-state index in [1.807, 2.05) is 36.4 Å². The molecule has 2 amide bonds. The molecule has 162 valence electrons. The fourth-order valence-electron chi connectivity index (χ4n) is 6.38. The molecule has 5 aliphatic rings. The Bertz CT molecular complexity index is 1360. The summed E-state index contributed by atoms with van der Waals surface area (Å²) < 4.78 is 5.60. The summed E-state index contributed by atoms with van der Waals surface area (Å²) in [6.45, 7) is 0. The standard InChI is InChI=1S/C28H21NO4/c30-26-24-20-10-11-21(23-14-22(20)23)25(24)27(31)29(26)18-7-3-6-17(12-18)28(32)33-19-9-8-15-4-1-2-5-16(15)13-19/h1-13,20-25H,14H2/t20-,21-,22-,23+,24+,25+/m0/s1. The molecular formula is C28H21NO4. The Labute approximate surface area is 190 Å². The number of hydrogen-bond donors (Lipinski definition) is 0. The average molecular weight is 435 g/mol. The molecule has 2 saturated carbocycles. The van der Waals surface area contributed by atoms with Gasteiger partial charge in [0.05, 0.1) is 23.1 Å². The van der Waals surface area contributed by atoms with E-state index >= 15 is 0 Å². The number of anilines is 1. The van der Waals surface area contributed by atoms with Crippen LogP contribution in [0.15, 0.2) is 78.9 Å². The van der Waals surface area contributed by atoms with Gasteiger partial charge in [-0.15, -0.1) is 0 Å². The minimum Gasteiger partial charge on any atom is -0.423 e. The van der Waals surface area contributed by atoms with Gasteiger partial charge in [-0.25, -0.2) is 9.69 Å². The second-order valence-electron chi connectivity index (χ2n) is 9.62. The van der Waals surface area contributed by atoms with Crippen LogP contribution in [0.2, 0.25) is 0 Å². The Morgan fingerprint density at radius 3 is 2.21 bits per heavy atom. The Hall–Kier alpha value is -3.73. The van der Waals surface area contributed by atoms with Gasteiger partial charge in [-0.1, -0.05) is 48.6 Å². The van der Waals surface area contributed by atoms with Crippen molar-refractivity contribution in [3.8, 4) is 5.75 Å². The van der Waals surface area contributed by atoms with Gasteiger partial charge in [0.15, 0.2) is 0 Å². The summed E-state index contributed by atoms with van der Waals surface area (Å²) >= 11 is 0. The first-order valence-corrected chi connectivity index (χ1v) is 11.5. The molecule has 6 atom stereocenters. The maximum absolute atomic E-state index is 13.4. The number of fused-ring (bicyclic) bond motifs is 1. The van der Waals surface area contributed by atoms with Crippen LogP contribution in [0, 0.1) is 35.5 Å². The highest BCUT2D eigenvalue weighted by Crippen LogP contribution is 2.65. The topological polar surface area (TPSA) is 63.7 Å². The van der Waals surface area contributed by atoms with Crippen molar-refractivity contribution in [1.82, 2.24) is 0 Å². The zero-order valence-corrected chi connectivity index (χ0v) is 17.8. The zero-order valence-electron chi connectivity index (χ0n) is 17.8. The van der Waals surface area contributed by atoms with E-state index < -0.39 is 5.97 Å². The first-order valence-electron chi connectivity index (χ1n) is 11.5. The highest BCUT2D eigenvalue weighted by atomic mass is 16.5. The van der Waals surface area contributed by atoms with E-state index in [2.05, 4.69) is 12.2 Å². The Morgan fingerprint density at radius 1 is 0.788 bits per heavy atom. The lowest BCUT2D eigenvalue weighted by atomic mass is 9.63. The number of esters is 1. The molecule has 0 spiro atoms. The highest BCUT2D eigenvalue weighted by Gasteiger charge is 2.67. The molecule has 5 heteroatoms. The number of amides is 2. The van der Waals surface area contributed by atoms with E-state index in [4.69, 9.17) is 4.74 Å². The van der Waals surface area contributed by atoms with Crippen molar-refractivity contribution in [3.05, 3.63) is 84.4 Å². The number of benzene rings is 3. The first-order chi connectivity index (χ1) is 16.1. The molecule has 0 N–H and O–H groups in total. The highest BCUT2D eigenvalue weighted by molar-refractivity contribution is 6.23. The summed E-state index contributed by atoms with van der Waals surface area (Å²) in [4.78, 5) is 40.9. The Kier molecular flexibility index (Phi) is 3.78. The van der Waals surface area contributed by atoms with Crippen LogP contribution >= 0.6 is 0 Å². The summed E-state index contributed by atoms with van der Waals surface area (Å²) in [6.07, 6.45) is 5.45. The molecule has 4 aliphatic carbocycles. The van der Waals surface area contributed by atoms with Crippen molar-refractivity contribution < 1.29 is 19.1 Å². The Morgan fingerprint density at radius 2 is 1.48 bits per heavy atom. The number of rotatable bonds is 3. The second-order valence-corrected chi connectivity index (χ2v) is 9.62. The van der Waals surface area contributed by atoms with E-state index in [1.165, 1.54) is 4.90 Å². The summed E-state index contributed by atoms with van der Waals surface area (Å²) in [5.41, 5.74) is 0.750. The molecule has 8 rings (SSSR count). The number of imide groups is 1. The minimum absolute atomic E-state index is 0.130. The fraction of sp³-hybridized carbons (Fsp3) is 0.250. The predicted octanol–water partition coefficient (Wildman–Crippen LogP) is 4.62. The largest absolute Gasteiger partial charge is 0.423 e. The molecule has 0 aromatic heterocycles. The number of hydrogen-bond acceptors (Lipinski definition) is 4. The molecule has 3 aromatic rings. The van der Waals surface area contributed by atoms with E-state index in [0.29, 0.717) is 28.8 Å². The van der Waals surface area contributed by atoms with Gasteiger partial charge in [0.25, 0.3) is 0 Å². The van der Waals surface area contributed by atoms with Crippen molar-refractivity contribution in [1.29, 1.82) is 0 Å². The molecule has 0 unspecified atom stereocenters. The quantitative estimate of drug-likeness (QED) is 0.261. The lowest BCUT2D eigenvalue weighted by Crippen LogP contribution is -2.40. The Balaban J connectivity index is 1.17. The van der Waals surface area contributed by atoms with E-state index in [0.717, 1.165) is 17.2 Å². The second kappa shape index (κ2) is 6.64. The molecule has 3 aromatic carbocycles. The molecule has 1 saturated heterocycles. The molecule has 33 heavy (non-hydrogen) atoms. The van der Waals surface area contributed by atoms with Gasteiger partial charge in [-0.2, -0.15) is 0 Å². The molecule has 3 fully saturated rings. The maximum atomic E-state index is 13.4. The van der Waals surface area contributed by atoms with Crippen LogP contribution in [0.4, 0.5) is 5.69 Å². The third-order valence-corrected chi connectivity index (χ3v) is 7.93. The summed E-state index contributed by atoms with van der Waals surface area (Å²) in [5, 5.41) is 2.04. The van der Waals surface area contributed by atoms with E-state index in [-0.39, 0.29) is 35.5 Å². The zero-order chi connectivity index (χ0) is 22.3. The molecule has 0 radical (unpaired) electrons. The van der Waals surface area contributed by atoms with Gasteiger partial charge in [-0.05, 0) is 71.2 Å². The minimum atomic E-state index is -0.522. The predicted molar refractivity (Wildman–Crippen MR) is 123 cm³/mol. The van der Waals surface area contributed by atoms with Crippen LogP contribution in [0.5, 0.6) is 5.75 Å². The first kappa shape index (κ1) is 18.8. The maximum Gasteiger partial charge on any atom is 0.343 e. The number of ether oxygens (including phenoxy) is 1.